The molecule has 0 spiro atoms. The Kier molecular flexibility index (Phi) is 4.57. The molecule has 8 heteroatoms. The second kappa shape index (κ2) is 6.98. The van der Waals surface area contributed by atoms with E-state index in [4.69, 9.17) is 4.52 Å². The van der Waals surface area contributed by atoms with Crippen LogP contribution in [-0.2, 0) is 0 Å². The summed E-state index contributed by atoms with van der Waals surface area (Å²) in [5, 5.41) is 10.1. The van der Waals surface area contributed by atoms with Gasteiger partial charge in [-0.25, -0.2) is 4.79 Å². The van der Waals surface area contributed by atoms with Crippen LogP contribution in [-0.4, -0.2) is 39.9 Å². The fraction of sp³-hybridized carbons (Fsp3) is 0.438. The third kappa shape index (κ3) is 3.34. The molecule has 1 saturated heterocycles. The van der Waals surface area contributed by atoms with Gasteiger partial charge in [-0.05, 0) is 30.7 Å². The molecular weight excluding hydrogens is 344 g/mol. The van der Waals surface area contributed by atoms with Crippen LogP contribution < -0.4 is 5.32 Å². The maximum Gasteiger partial charge on any atom is 0.322 e. The number of carbonyl (C=O) groups excluding carboxylic acids is 1. The zero-order chi connectivity index (χ0) is 16.4. The number of aromatic nitrogens is 2. The SMILES string of the molecule is O=C(NC1=CCCS1)N1CCC(c2nc(-c3cccs3)no2)CC1. The number of thioether (sulfide) groups is 1. The summed E-state index contributed by atoms with van der Waals surface area (Å²) in [6.45, 7) is 1.43. The number of urea groups is 1. The first kappa shape index (κ1) is 15.7. The minimum Gasteiger partial charge on any atom is -0.339 e. The molecule has 4 rings (SSSR count). The van der Waals surface area contributed by atoms with Gasteiger partial charge in [-0.15, -0.1) is 23.1 Å². The van der Waals surface area contributed by atoms with E-state index in [2.05, 4.69) is 21.5 Å². The van der Waals surface area contributed by atoms with Crippen molar-refractivity contribution >= 4 is 29.1 Å². The number of carbonyl (C=O) groups is 1. The lowest BCUT2D eigenvalue weighted by atomic mass is 9.97. The quantitative estimate of drug-likeness (QED) is 0.902. The van der Waals surface area contributed by atoms with Crippen molar-refractivity contribution in [3.63, 3.8) is 0 Å². The summed E-state index contributed by atoms with van der Waals surface area (Å²) >= 11 is 3.31. The third-order valence-corrected chi connectivity index (χ3v) is 6.14. The number of nitrogens with zero attached hydrogens (tertiary/aromatic N) is 3. The smallest absolute Gasteiger partial charge is 0.322 e. The lowest BCUT2D eigenvalue weighted by Crippen LogP contribution is -2.43. The Morgan fingerprint density at radius 2 is 2.25 bits per heavy atom. The van der Waals surface area contributed by atoms with Crippen molar-refractivity contribution in [1.82, 2.24) is 20.4 Å². The Labute approximate surface area is 148 Å². The van der Waals surface area contributed by atoms with Crippen molar-refractivity contribution in [3.8, 4) is 10.7 Å². The summed E-state index contributed by atoms with van der Waals surface area (Å²) in [6.07, 6.45) is 4.82. The molecule has 24 heavy (non-hydrogen) atoms. The van der Waals surface area contributed by atoms with Gasteiger partial charge < -0.3 is 14.7 Å². The van der Waals surface area contributed by atoms with E-state index in [-0.39, 0.29) is 11.9 Å². The highest BCUT2D eigenvalue weighted by molar-refractivity contribution is 8.03. The van der Waals surface area contributed by atoms with Gasteiger partial charge in [-0.2, -0.15) is 4.98 Å². The molecule has 126 valence electrons. The molecular formula is C16H18N4O2S2. The van der Waals surface area contributed by atoms with Crippen LogP contribution in [0.2, 0.25) is 0 Å². The Balaban J connectivity index is 1.33. The minimum atomic E-state index is -0.00102. The first-order chi connectivity index (χ1) is 11.8. The first-order valence-electron chi connectivity index (χ1n) is 8.06. The zero-order valence-corrected chi connectivity index (χ0v) is 14.7. The van der Waals surface area contributed by atoms with Crippen LogP contribution in [0.4, 0.5) is 4.79 Å². The number of hydrogen-bond acceptors (Lipinski definition) is 6. The van der Waals surface area contributed by atoms with Crippen LogP contribution in [0.3, 0.4) is 0 Å². The normalized spacial score (nSPS) is 18.7. The molecule has 0 atom stereocenters. The molecule has 0 bridgehead atoms. The molecule has 0 radical (unpaired) electrons. The third-order valence-electron chi connectivity index (χ3n) is 4.25. The van der Waals surface area contributed by atoms with E-state index in [1.165, 1.54) is 0 Å². The van der Waals surface area contributed by atoms with Crippen molar-refractivity contribution < 1.29 is 9.32 Å². The van der Waals surface area contributed by atoms with Crippen molar-refractivity contribution in [1.29, 1.82) is 0 Å². The fourth-order valence-corrected chi connectivity index (χ4v) is 4.43. The summed E-state index contributed by atoms with van der Waals surface area (Å²) in [5.41, 5.74) is 0. The number of allylic oxidation sites excluding steroid dienone is 1. The molecule has 1 fully saturated rings. The van der Waals surface area contributed by atoms with Crippen LogP contribution >= 0.6 is 23.1 Å². The molecule has 6 nitrogen and oxygen atoms in total. The van der Waals surface area contributed by atoms with Crippen LogP contribution in [0, 0.1) is 0 Å². The predicted molar refractivity (Wildman–Crippen MR) is 94.8 cm³/mol. The highest BCUT2D eigenvalue weighted by atomic mass is 32.2. The topological polar surface area (TPSA) is 71.3 Å². The van der Waals surface area contributed by atoms with Crippen LogP contribution in [0.25, 0.3) is 10.7 Å². The van der Waals surface area contributed by atoms with Crippen LogP contribution in [0.1, 0.15) is 31.1 Å². The average molecular weight is 362 g/mol. The summed E-state index contributed by atoms with van der Waals surface area (Å²) in [5.74, 6) is 2.63. The summed E-state index contributed by atoms with van der Waals surface area (Å²) in [7, 11) is 0. The lowest BCUT2D eigenvalue weighted by molar-refractivity contribution is 0.178. The lowest BCUT2D eigenvalue weighted by Gasteiger charge is -2.30. The van der Waals surface area contributed by atoms with E-state index < -0.39 is 0 Å². The van der Waals surface area contributed by atoms with Crippen molar-refractivity contribution in [2.45, 2.75) is 25.2 Å². The van der Waals surface area contributed by atoms with Crippen LogP contribution in [0.15, 0.2) is 33.1 Å². The van der Waals surface area contributed by atoms with E-state index in [9.17, 15) is 4.79 Å². The van der Waals surface area contributed by atoms with Gasteiger partial charge in [-0.3, -0.25) is 0 Å². The summed E-state index contributed by atoms with van der Waals surface area (Å²) in [6, 6.07) is 3.96. The maximum atomic E-state index is 12.3. The largest absolute Gasteiger partial charge is 0.339 e. The second-order valence-corrected chi connectivity index (χ2v) is 7.91. The molecule has 0 unspecified atom stereocenters. The predicted octanol–water partition coefficient (Wildman–Crippen LogP) is 3.67. The first-order valence-corrected chi connectivity index (χ1v) is 9.92. The highest BCUT2D eigenvalue weighted by Gasteiger charge is 2.28. The molecule has 2 aromatic rings. The molecule has 2 aliphatic heterocycles. The summed E-state index contributed by atoms with van der Waals surface area (Å²) < 4.78 is 5.45. The number of thiophene rings is 1. The van der Waals surface area contributed by atoms with Gasteiger partial charge >= 0.3 is 6.03 Å². The maximum absolute atomic E-state index is 12.3. The van der Waals surface area contributed by atoms with Crippen LogP contribution in [0.5, 0.6) is 0 Å². The number of amides is 2. The molecule has 0 aromatic carbocycles. The van der Waals surface area contributed by atoms with Crippen molar-refractivity contribution in [3.05, 3.63) is 34.5 Å². The number of rotatable bonds is 3. The Hall–Kier alpha value is -1.80. The molecule has 0 aliphatic carbocycles. The Morgan fingerprint density at radius 1 is 1.38 bits per heavy atom. The van der Waals surface area contributed by atoms with E-state index in [1.807, 2.05) is 22.4 Å². The number of nitrogens with one attached hydrogen (secondary N) is 1. The molecule has 0 saturated carbocycles. The van der Waals surface area contributed by atoms with E-state index >= 15 is 0 Å². The minimum absolute atomic E-state index is 0.00102. The second-order valence-electron chi connectivity index (χ2n) is 5.83. The van der Waals surface area contributed by atoms with Crippen molar-refractivity contribution in [2.24, 2.45) is 0 Å². The van der Waals surface area contributed by atoms with E-state index in [0.29, 0.717) is 24.8 Å². The van der Waals surface area contributed by atoms with Crippen molar-refractivity contribution in [2.75, 3.05) is 18.8 Å². The molecule has 2 aromatic heterocycles. The van der Waals surface area contributed by atoms with Gasteiger partial charge in [0.05, 0.1) is 9.91 Å². The monoisotopic (exact) mass is 362 g/mol. The molecule has 4 heterocycles. The average Bonchev–Trinajstić information content (AvgIpc) is 3.36. The van der Waals surface area contributed by atoms with E-state index in [1.54, 1.807) is 23.1 Å². The van der Waals surface area contributed by atoms with Gasteiger partial charge in [0.25, 0.3) is 0 Å². The Bertz CT molecular complexity index is 733. The molecule has 1 N–H and O–H groups in total. The standard InChI is InChI=1S/C16H18N4O2S2/c21-16(17-13-4-2-10-24-13)20-7-5-11(6-8-20)15-18-14(19-22-15)12-3-1-9-23-12/h1,3-4,9,11H,2,5-8,10H2,(H,17,21). The number of hydrogen-bond donors (Lipinski definition) is 1. The zero-order valence-electron chi connectivity index (χ0n) is 13.1. The van der Waals surface area contributed by atoms with E-state index in [0.717, 1.165) is 34.9 Å². The molecule has 2 amide bonds. The fourth-order valence-electron chi connectivity index (χ4n) is 2.93. The van der Waals surface area contributed by atoms with Gasteiger partial charge in [0.15, 0.2) is 0 Å². The number of piperidine rings is 1. The van der Waals surface area contributed by atoms with Gasteiger partial charge in [0.2, 0.25) is 11.7 Å². The van der Waals surface area contributed by atoms with Gasteiger partial charge in [-0.1, -0.05) is 17.3 Å². The van der Waals surface area contributed by atoms with Gasteiger partial charge in [0, 0.05) is 24.8 Å². The highest BCUT2D eigenvalue weighted by Crippen LogP contribution is 2.30. The summed E-state index contributed by atoms with van der Waals surface area (Å²) in [4.78, 5) is 19.7. The molecule has 2 aliphatic rings. The number of likely N-dealkylation sites (tertiary alicyclic amines) is 1. The van der Waals surface area contributed by atoms with Gasteiger partial charge in [0.1, 0.15) is 0 Å². The Morgan fingerprint density at radius 3 is 2.96 bits per heavy atom.